The zero-order valence-corrected chi connectivity index (χ0v) is 21.5. The van der Waals surface area contributed by atoms with Crippen LogP contribution in [0.2, 0.25) is 0 Å². The average Bonchev–Trinajstić information content (AvgIpc) is 3.43. The zero-order valence-electron chi connectivity index (χ0n) is 20.7. The van der Waals surface area contributed by atoms with Gasteiger partial charge in [0.2, 0.25) is 15.8 Å². The van der Waals surface area contributed by atoms with Gasteiger partial charge in [0.15, 0.2) is 0 Å². The monoisotopic (exact) mass is 549 g/mol. The van der Waals surface area contributed by atoms with Crippen LogP contribution in [0.1, 0.15) is 49.1 Å². The molecule has 0 aliphatic carbocycles. The highest BCUT2D eigenvalue weighted by Gasteiger charge is 2.40. The molecule has 1 aromatic heterocycles. The first kappa shape index (κ1) is 26.7. The molecule has 9 nitrogen and oxygen atoms in total. The average molecular weight is 550 g/mol. The van der Waals surface area contributed by atoms with Crippen molar-refractivity contribution in [2.75, 3.05) is 26.2 Å². The molecule has 38 heavy (non-hydrogen) atoms. The summed E-state index contributed by atoms with van der Waals surface area (Å²) in [6, 6.07) is 9.98. The molecule has 0 spiro atoms. The molecule has 4 N–H and O–H groups in total. The van der Waals surface area contributed by atoms with Crippen LogP contribution >= 0.6 is 0 Å². The third kappa shape index (κ3) is 5.75. The van der Waals surface area contributed by atoms with Gasteiger partial charge < -0.3 is 10.2 Å². The molecule has 3 aromatic rings. The van der Waals surface area contributed by atoms with Gasteiger partial charge in [-0.2, -0.15) is 18.4 Å². The summed E-state index contributed by atoms with van der Waals surface area (Å²) in [6.45, 7) is 4.21. The van der Waals surface area contributed by atoms with Crippen LogP contribution in [0.4, 0.5) is 13.2 Å². The van der Waals surface area contributed by atoms with Crippen molar-refractivity contribution in [2.24, 2.45) is 5.14 Å². The second kappa shape index (κ2) is 10.7. The second-order valence-corrected chi connectivity index (χ2v) is 11.5. The number of benzene rings is 2. The molecule has 2 aliphatic rings. The summed E-state index contributed by atoms with van der Waals surface area (Å²) in [6.07, 6.45) is 0.856. The fourth-order valence-corrected chi connectivity index (χ4v) is 6.58. The van der Waals surface area contributed by atoms with Crippen LogP contribution < -0.4 is 10.5 Å². The Balaban J connectivity index is 1.41. The molecule has 2 saturated heterocycles. The number of hydrogen-bond acceptors (Lipinski definition) is 7. The number of alkyl halides is 3. The third-order valence-electron chi connectivity index (χ3n) is 7.49. The lowest BCUT2D eigenvalue weighted by atomic mass is 9.87. The first-order valence-corrected chi connectivity index (χ1v) is 14.2. The van der Waals surface area contributed by atoms with Gasteiger partial charge in [0.25, 0.3) is 0 Å². The van der Waals surface area contributed by atoms with E-state index in [1.807, 2.05) is 12.1 Å². The van der Waals surface area contributed by atoms with Crippen molar-refractivity contribution in [1.82, 2.24) is 30.8 Å². The Morgan fingerprint density at radius 2 is 1.76 bits per heavy atom. The minimum atomic E-state index is -4.95. The van der Waals surface area contributed by atoms with Crippen LogP contribution in [0.15, 0.2) is 41.3 Å². The number of nitrogens with one attached hydrogen (secondary N) is 2. The lowest BCUT2D eigenvalue weighted by Crippen LogP contribution is -2.45. The predicted molar refractivity (Wildman–Crippen MR) is 135 cm³/mol. The molecule has 5 rings (SSSR count). The summed E-state index contributed by atoms with van der Waals surface area (Å²) in [5.74, 6) is 0.0860. The smallest absolute Gasteiger partial charge is 0.313 e. The fourth-order valence-electron chi connectivity index (χ4n) is 5.61. The van der Waals surface area contributed by atoms with Crippen LogP contribution in [0.5, 0.6) is 0 Å². The summed E-state index contributed by atoms with van der Waals surface area (Å²) < 4.78 is 66.1. The Hall–Kier alpha value is -2.87. The molecule has 0 saturated carbocycles. The van der Waals surface area contributed by atoms with Crippen molar-refractivity contribution in [2.45, 2.75) is 55.1 Å². The van der Waals surface area contributed by atoms with Crippen LogP contribution in [-0.2, 0) is 16.2 Å². The van der Waals surface area contributed by atoms with Gasteiger partial charge >= 0.3 is 6.18 Å². The Morgan fingerprint density at radius 1 is 1.03 bits per heavy atom. The van der Waals surface area contributed by atoms with Gasteiger partial charge in [0, 0.05) is 12.6 Å². The first-order chi connectivity index (χ1) is 18.1. The molecule has 1 atom stereocenters. The molecule has 0 radical (unpaired) electrons. The third-order valence-corrected chi connectivity index (χ3v) is 8.48. The maximum Gasteiger partial charge on any atom is 0.417 e. The van der Waals surface area contributed by atoms with E-state index >= 15 is 0 Å². The van der Waals surface area contributed by atoms with Gasteiger partial charge in [-0.1, -0.05) is 36.8 Å². The van der Waals surface area contributed by atoms with Gasteiger partial charge in [-0.25, -0.2) is 13.6 Å². The van der Waals surface area contributed by atoms with E-state index in [0.29, 0.717) is 17.5 Å². The van der Waals surface area contributed by atoms with Crippen LogP contribution in [-0.4, -0.2) is 66.2 Å². The number of nitrogens with two attached hydrogens (primary N) is 1. The summed E-state index contributed by atoms with van der Waals surface area (Å²) >= 11 is 0. The molecular weight excluding hydrogens is 519 g/mol. The van der Waals surface area contributed by atoms with E-state index in [1.165, 1.54) is 25.3 Å². The van der Waals surface area contributed by atoms with Crippen LogP contribution in [0.3, 0.4) is 0 Å². The number of tetrazole rings is 1. The molecule has 0 amide bonds. The van der Waals surface area contributed by atoms with Crippen molar-refractivity contribution in [3.8, 4) is 22.5 Å². The van der Waals surface area contributed by atoms with E-state index in [1.54, 1.807) is 12.1 Å². The minimum Gasteiger partial charge on any atom is -0.313 e. The molecule has 3 heterocycles. The predicted octanol–water partition coefficient (Wildman–Crippen LogP) is 3.52. The minimum absolute atomic E-state index is 0.213. The number of likely N-dealkylation sites (tertiary alicyclic amines) is 1. The number of sulfonamides is 1. The van der Waals surface area contributed by atoms with Crippen LogP contribution in [0, 0.1) is 0 Å². The van der Waals surface area contributed by atoms with Crippen molar-refractivity contribution in [3.05, 3.63) is 47.5 Å². The van der Waals surface area contributed by atoms with Crippen molar-refractivity contribution >= 4 is 10.0 Å². The van der Waals surface area contributed by atoms with Crippen LogP contribution in [0.25, 0.3) is 22.5 Å². The molecular formula is C25H30F3N7O2S. The van der Waals surface area contributed by atoms with E-state index in [4.69, 9.17) is 5.14 Å². The fraction of sp³-hybridized carbons (Fsp3) is 0.480. The summed E-state index contributed by atoms with van der Waals surface area (Å²) in [7, 11) is -4.80. The Morgan fingerprint density at radius 3 is 2.34 bits per heavy atom. The van der Waals surface area contributed by atoms with Gasteiger partial charge in [-0.15, -0.1) is 10.2 Å². The quantitative estimate of drug-likeness (QED) is 0.429. The summed E-state index contributed by atoms with van der Waals surface area (Å²) in [5.41, 5.74) is 0.158. The number of nitrogens with zero attached hydrogens (tertiary/aromatic N) is 4. The van der Waals surface area contributed by atoms with E-state index in [0.717, 1.165) is 50.7 Å². The maximum absolute atomic E-state index is 13.8. The normalized spacial score (nSPS) is 20.1. The molecule has 2 aliphatic heterocycles. The lowest BCUT2D eigenvalue weighted by Gasteiger charge is -2.36. The molecule has 2 aromatic carbocycles. The largest absolute Gasteiger partial charge is 0.417 e. The van der Waals surface area contributed by atoms with Gasteiger partial charge in [-0.3, -0.25) is 0 Å². The number of halogens is 3. The second-order valence-electron chi connectivity index (χ2n) is 9.99. The molecule has 2 fully saturated rings. The van der Waals surface area contributed by atoms with E-state index < -0.39 is 26.7 Å². The standard InChI is InChI=1S/C25H30F3N7O2S/c26-25(27,28)21-9-8-20(22(23(21)38(29,36)37)24-31-33-34-32-24)18-6-4-16(5-7-18)17-10-13-35(14-11-17)15-19-3-1-2-12-30-19/h4-9,17,19,30H,1-3,10-15H2,(H2,29,36,37)(H,31,32,33,34). The maximum atomic E-state index is 13.8. The van der Waals surface area contributed by atoms with E-state index in [9.17, 15) is 21.6 Å². The highest BCUT2D eigenvalue weighted by molar-refractivity contribution is 7.89. The number of primary sulfonamides is 1. The Bertz CT molecular complexity index is 1350. The zero-order chi connectivity index (χ0) is 26.9. The highest BCUT2D eigenvalue weighted by Crippen LogP contribution is 2.43. The van der Waals surface area contributed by atoms with Crippen molar-refractivity contribution in [3.63, 3.8) is 0 Å². The highest BCUT2D eigenvalue weighted by atomic mass is 32.2. The number of piperidine rings is 2. The number of rotatable bonds is 6. The Kier molecular flexibility index (Phi) is 7.54. The van der Waals surface area contributed by atoms with Crippen molar-refractivity contribution < 1.29 is 21.6 Å². The van der Waals surface area contributed by atoms with Crippen molar-refractivity contribution in [1.29, 1.82) is 0 Å². The first-order valence-electron chi connectivity index (χ1n) is 12.7. The van der Waals surface area contributed by atoms with E-state index in [2.05, 4.69) is 30.8 Å². The molecule has 13 heteroatoms. The molecule has 0 bridgehead atoms. The topological polar surface area (TPSA) is 130 Å². The van der Waals surface area contributed by atoms with Gasteiger partial charge in [-0.05, 0) is 79.2 Å². The van der Waals surface area contributed by atoms with Gasteiger partial charge in [0.1, 0.15) is 4.90 Å². The molecule has 204 valence electrons. The number of H-pyrrole nitrogens is 1. The molecule has 1 unspecified atom stereocenters. The summed E-state index contributed by atoms with van der Waals surface area (Å²) in [5, 5.41) is 22.0. The number of aromatic nitrogens is 4. The number of hydrogen-bond donors (Lipinski definition) is 3. The summed E-state index contributed by atoms with van der Waals surface area (Å²) in [4.78, 5) is 1.44. The SMILES string of the molecule is NS(=O)(=O)c1c(C(F)(F)F)ccc(-c2ccc(C3CCN(CC4CCCCN4)CC3)cc2)c1-c1nn[nH]n1. The van der Waals surface area contributed by atoms with Gasteiger partial charge in [0.05, 0.1) is 11.1 Å². The number of aromatic amines is 1. The van der Waals surface area contributed by atoms with E-state index in [-0.39, 0.29) is 17.0 Å². The lowest BCUT2D eigenvalue weighted by molar-refractivity contribution is -0.139. The Labute approximate surface area is 219 Å².